The van der Waals surface area contributed by atoms with E-state index in [1.165, 1.54) is 7.11 Å². The minimum atomic E-state index is -0.350. The van der Waals surface area contributed by atoms with Crippen LogP contribution in [0, 0.1) is 13.8 Å². The Morgan fingerprint density at radius 3 is 2.36 bits per heavy atom. The Morgan fingerprint density at radius 2 is 1.80 bits per heavy atom. The number of rotatable bonds is 6. The van der Waals surface area contributed by atoms with Gasteiger partial charge in [0.1, 0.15) is 5.75 Å². The van der Waals surface area contributed by atoms with Crippen LogP contribution in [0.25, 0.3) is 5.69 Å². The Morgan fingerprint density at radius 1 is 1.16 bits per heavy atom. The van der Waals surface area contributed by atoms with Crippen LogP contribution in [0.3, 0.4) is 0 Å². The van der Waals surface area contributed by atoms with Crippen LogP contribution >= 0.6 is 0 Å². The Hall–Kier alpha value is -2.76. The molecule has 2 aromatic rings. The molecular formula is C19H24N2O4. The number of nitrogens with one attached hydrogen (secondary N) is 1. The van der Waals surface area contributed by atoms with Crippen molar-refractivity contribution in [3.05, 3.63) is 47.3 Å². The highest BCUT2D eigenvalue weighted by Gasteiger charge is 2.19. The van der Waals surface area contributed by atoms with Gasteiger partial charge in [0, 0.05) is 23.1 Å². The predicted molar refractivity (Wildman–Crippen MR) is 95.4 cm³/mol. The van der Waals surface area contributed by atoms with Gasteiger partial charge in [0.15, 0.2) is 0 Å². The number of benzene rings is 1. The summed E-state index contributed by atoms with van der Waals surface area (Å²) >= 11 is 0. The number of hydrogen-bond donors (Lipinski definition) is 1. The molecule has 0 aliphatic heterocycles. The number of amides is 1. The highest BCUT2D eigenvalue weighted by molar-refractivity contribution is 5.96. The fraction of sp³-hybridized carbons (Fsp3) is 0.368. The lowest BCUT2D eigenvalue weighted by atomic mass is 10.2. The fourth-order valence-electron chi connectivity index (χ4n) is 2.81. The van der Waals surface area contributed by atoms with Gasteiger partial charge in [-0.15, -0.1) is 0 Å². The molecule has 0 radical (unpaired) electrons. The van der Waals surface area contributed by atoms with E-state index in [2.05, 4.69) is 10.1 Å². The van der Waals surface area contributed by atoms with Gasteiger partial charge in [-0.2, -0.15) is 0 Å². The molecule has 0 fully saturated rings. The molecule has 1 amide bonds. The van der Waals surface area contributed by atoms with Gasteiger partial charge in [-0.3, -0.25) is 9.59 Å². The zero-order valence-corrected chi connectivity index (χ0v) is 15.3. The largest absolute Gasteiger partial charge is 0.497 e. The van der Waals surface area contributed by atoms with Crippen LogP contribution in [0.5, 0.6) is 5.75 Å². The van der Waals surface area contributed by atoms with Gasteiger partial charge in [0.25, 0.3) is 5.91 Å². The van der Waals surface area contributed by atoms with E-state index in [-0.39, 0.29) is 24.3 Å². The minimum absolute atomic E-state index is 0.138. The Kier molecular flexibility index (Phi) is 5.85. The van der Waals surface area contributed by atoms with E-state index < -0.39 is 0 Å². The van der Waals surface area contributed by atoms with Crippen LogP contribution in [-0.2, 0) is 9.53 Å². The number of aryl methyl sites for hydroxylation is 1. The second-order valence-electron chi connectivity index (χ2n) is 5.97. The Bertz CT molecular complexity index is 762. The summed E-state index contributed by atoms with van der Waals surface area (Å²) in [6.45, 7) is 5.63. The summed E-state index contributed by atoms with van der Waals surface area (Å²) in [7, 11) is 2.96. The summed E-state index contributed by atoms with van der Waals surface area (Å²) in [5, 5.41) is 2.84. The maximum atomic E-state index is 12.5. The molecule has 25 heavy (non-hydrogen) atoms. The highest BCUT2D eigenvalue weighted by atomic mass is 16.5. The average Bonchev–Trinajstić information content (AvgIpc) is 2.89. The van der Waals surface area contributed by atoms with Crippen LogP contribution in [0.15, 0.2) is 30.3 Å². The van der Waals surface area contributed by atoms with Crippen LogP contribution in [0.2, 0.25) is 0 Å². The van der Waals surface area contributed by atoms with Crippen LogP contribution in [0.1, 0.15) is 35.1 Å². The molecule has 6 nitrogen and oxygen atoms in total. The molecule has 0 aliphatic carbocycles. The molecule has 134 valence electrons. The lowest BCUT2D eigenvalue weighted by Gasteiger charge is -2.13. The van der Waals surface area contributed by atoms with Crippen molar-refractivity contribution in [3.63, 3.8) is 0 Å². The fourth-order valence-corrected chi connectivity index (χ4v) is 2.81. The van der Waals surface area contributed by atoms with E-state index in [0.717, 1.165) is 22.8 Å². The molecule has 0 spiro atoms. The van der Waals surface area contributed by atoms with Crippen molar-refractivity contribution in [2.75, 3.05) is 14.2 Å². The first-order valence-corrected chi connectivity index (χ1v) is 8.08. The van der Waals surface area contributed by atoms with Crippen LogP contribution < -0.4 is 10.1 Å². The van der Waals surface area contributed by atoms with Crippen molar-refractivity contribution in [2.45, 2.75) is 33.2 Å². The first kappa shape index (κ1) is 18.6. The molecule has 1 atom stereocenters. The summed E-state index contributed by atoms with van der Waals surface area (Å²) < 4.78 is 11.8. The summed E-state index contributed by atoms with van der Waals surface area (Å²) in [4.78, 5) is 23.9. The van der Waals surface area contributed by atoms with E-state index in [1.54, 1.807) is 14.0 Å². The van der Waals surface area contributed by atoms with Crippen molar-refractivity contribution >= 4 is 11.9 Å². The second-order valence-corrected chi connectivity index (χ2v) is 5.97. The van der Waals surface area contributed by atoms with Crippen LogP contribution in [0.4, 0.5) is 0 Å². The standard InChI is InChI=1S/C19H24N2O4/c1-12(10-18(22)25-5)20-19(23)17-11-13(2)21(14(17)3)15-6-8-16(24-4)9-7-15/h6-9,11-12H,10H2,1-5H3,(H,20,23). The third-order valence-electron chi connectivity index (χ3n) is 4.08. The van der Waals surface area contributed by atoms with Crippen LogP contribution in [-0.4, -0.2) is 36.7 Å². The monoisotopic (exact) mass is 344 g/mol. The van der Waals surface area contributed by atoms with Crippen molar-refractivity contribution in [1.82, 2.24) is 9.88 Å². The van der Waals surface area contributed by atoms with E-state index in [9.17, 15) is 9.59 Å². The third kappa shape index (κ3) is 4.21. The molecule has 0 saturated heterocycles. The molecule has 0 aliphatic rings. The Balaban J connectivity index is 2.23. The van der Waals surface area contributed by atoms with E-state index >= 15 is 0 Å². The third-order valence-corrected chi connectivity index (χ3v) is 4.08. The number of nitrogens with zero attached hydrogens (tertiary/aromatic N) is 1. The first-order chi connectivity index (χ1) is 11.9. The minimum Gasteiger partial charge on any atom is -0.497 e. The molecule has 1 unspecified atom stereocenters. The van der Waals surface area contributed by atoms with Gasteiger partial charge < -0.3 is 19.4 Å². The summed E-state index contributed by atoms with van der Waals surface area (Å²) in [6, 6.07) is 9.20. The van der Waals surface area contributed by atoms with Gasteiger partial charge in [-0.05, 0) is 51.1 Å². The number of hydrogen-bond acceptors (Lipinski definition) is 4. The summed E-state index contributed by atoms with van der Waals surface area (Å²) in [5.74, 6) is 0.224. The maximum Gasteiger partial charge on any atom is 0.307 e. The lowest BCUT2D eigenvalue weighted by Crippen LogP contribution is -2.34. The van der Waals surface area contributed by atoms with Gasteiger partial charge >= 0.3 is 5.97 Å². The number of carbonyl (C=O) groups is 2. The molecule has 6 heteroatoms. The molecule has 0 bridgehead atoms. The number of aromatic nitrogens is 1. The van der Waals surface area contributed by atoms with Gasteiger partial charge in [-0.25, -0.2) is 0 Å². The molecule has 1 N–H and O–H groups in total. The SMILES string of the molecule is COC(=O)CC(C)NC(=O)c1cc(C)n(-c2ccc(OC)cc2)c1C. The summed E-state index contributed by atoms with van der Waals surface area (Å²) in [6.07, 6.45) is 0.138. The first-order valence-electron chi connectivity index (χ1n) is 8.08. The van der Waals surface area contributed by atoms with Gasteiger partial charge in [0.2, 0.25) is 0 Å². The highest BCUT2D eigenvalue weighted by Crippen LogP contribution is 2.23. The van der Waals surface area contributed by atoms with Gasteiger partial charge in [-0.1, -0.05) is 0 Å². The molecule has 0 saturated carbocycles. The molecule has 1 heterocycles. The van der Waals surface area contributed by atoms with Crippen molar-refractivity contribution in [2.24, 2.45) is 0 Å². The summed E-state index contributed by atoms with van der Waals surface area (Å²) in [5.41, 5.74) is 3.33. The zero-order valence-electron chi connectivity index (χ0n) is 15.3. The normalized spacial score (nSPS) is 11.7. The van der Waals surface area contributed by atoms with E-state index in [0.29, 0.717) is 5.56 Å². The van der Waals surface area contributed by atoms with E-state index in [1.807, 2.05) is 48.7 Å². The van der Waals surface area contributed by atoms with Crippen molar-refractivity contribution in [3.8, 4) is 11.4 Å². The zero-order chi connectivity index (χ0) is 18.6. The molecule has 1 aromatic carbocycles. The Labute approximate surface area is 147 Å². The molecular weight excluding hydrogens is 320 g/mol. The predicted octanol–water partition coefficient (Wildman–Crippen LogP) is 2.78. The number of esters is 1. The second kappa shape index (κ2) is 7.88. The van der Waals surface area contributed by atoms with Gasteiger partial charge in [0.05, 0.1) is 26.2 Å². The average molecular weight is 344 g/mol. The van der Waals surface area contributed by atoms with E-state index in [4.69, 9.17) is 4.74 Å². The smallest absolute Gasteiger partial charge is 0.307 e. The quantitative estimate of drug-likeness (QED) is 0.818. The molecule has 1 aromatic heterocycles. The lowest BCUT2D eigenvalue weighted by molar-refractivity contribution is -0.141. The number of ether oxygens (including phenoxy) is 2. The number of carbonyl (C=O) groups excluding carboxylic acids is 2. The maximum absolute atomic E-state index is 12.5. The van der Waals surface area contributed by atoms with Crippen molar-refractivity contribution < 1.29 is 19.1 Å². The molecule has 2 rings (SSSR count). The topological polar surface area (TPSA) is 69.6 Å². The number of methoxy groups -OCH3 is 2. The van der Waals surface area contributed by atoms with Crippen molar-refractivity contribution in [1.29, 1.82) is 0 Å².